The van der Waals surface area contributed by atoms with E-state index in [1.165, 1.54) is 43.2 Å². The SMILES string of the molecule is CC(C)c1cnn(C2CCCNCC2)c1.CCc1cnn(C2(CN)CC2)c1. The molecule has 1 aliphatic heterocycles. The maximum atomic E-state index is 5.69. The molecule has 2 aromatic heterocycles. The highest BCUT2D eigenvalue weighted by Crippen LogP contribution is 2.41. The molecule has 6 heteroatoms. The molecular weight excluding hydrogens is 336 g/mol. The molecule has 4 rings (SSSR count). The number of nitrogens with one attached hydrogen (secondary N) is 1. The van der Waals surface area contributed by atoms with E-state index in [1.807, 2.05) is 17.1 Å². The monoisotopic (exact) mass is 372 g/mol. The van der Waals surface area contributed by atoms with Crippen molar-refractivity contribution in [3.05, 3.63) is 35.9 Å². The minimum absolute atomic E-state index is 0.188. The van der Waals surface area contributed by atoms with E-state index in [1.54, 1.807) is 0 Å². The maximum Gasteiger partial charge on any atom is 0.0751 e. The van der Waals surface area contributed by atoms with Crippen molar-refractivity contribution in [2.24, 2.45) is 5.73 Å². The number of nitrogens with two attached hydrogens (primary N) is 1. The van der Waals surface area contributed by atoms with E-state index in [0.29, 0.717) is 12.0 Å². The van der Waals surface area contributed by atoms with E-state index in [4.69, 9.17) is 5.73 Å². The van der Waals surface area contributed by atoms with Gasteiger partial charge in [0.15, 0.2) is 0 Å². The molecule has 150 valence electrons. The van der Waals surface area contributed by atoms with Gasteiger partial charge in [-0.25, -0.2) is 0 Å². The lowest BCUT2D eigenvalue weighted by Gasteiger charge is -2.13. The van der Waals surface area contributed by atoms with Crippen molar-refractivity contribution in [1.29, 1.82) is 0 Å². The van der Waals surface area contributed by atoms with Gasteiger partial charge in [-0.3, -0.25) is 9.36 Å². The van der Waals surface area contributed by atoms with Crippen LogP contribution in [0.2, 0.25) is 0 Å². The molecule has 0 bridgehead atoms. The van der Waals surface area contributed by atoms with Gasteiger partial charge in [0.1, 0.15) is 0 Å². The zero-order chi connectivity index (χ0) is 19.3. The fourth-order valence-electron chi connectivity index (χ4n) is 3.59. The Morgan fingerprint density at radius 3 is 2.59 bits per heavy atom. The zero-order valence-corrected chi connectivity index (χ0v) is 17.2. The molecule has 3 N–H and O–H groups in total. The van der Waals surface area contributed by atoms with Crippen molar-refractivity contribution in [1.82, 2.24) is 24.9 Å². The highest BCUT2D eigenvalue weighted by molar-refractivity contribution is 5.10. The zero-order valence-electron chi connectivity index (χ0n) is 17.2. The van der Waals surface area contributed by atoms with Gasteiger partial charge in [0.25, 0.3) is 0 Å². The molecule has 6 nitrogen and oxygen atoms in total. The van der Waals surface area contributed by atoms with Gasteiger partial charge < -0.3 is 11.1 Å². The lowest BCUT2D eigenvalue weighted by atomic mass is 10.1. The highest BCUT2D eigenvalue weighted by Gasteiger charge is 2.43. The molecule has 27 heavy (non-hydrogen) atoms. The molecule has 0 spiro atoms. The fourth-order valence-corrected chi connectivity index (χ4v) is 3.59. The third-order valence-electron chi connectivity index (χ3n) is 5.94. The summed E-state index contributed by atoms with van der Waals surface area (Å²) in [6, 6.07) is 0.604. The van der Waals surface area contributed by atoms with Gasteiger partial charge in [-0.1, -0.05) is 20.8 Å². The first-order valence-corrected chi connectivity index (χ1v) is 10.6. The smallest absolute Gasteiger partial charge is 0.0751 e. The Kier molecular flexibility index (Phi) is 6.71. The molecule has 2 fully saturated rings. The fraction of sp³-hybridized carbons (Fsp3) is 0.714. The Bertz CT molecular complexity index is 689. The number of hydrogen-bond acceptors (Lipinski definition) is 4. The van der Waals surface area contributed by atoms with Crippen molar-refractivity contribution in [2.75, 3.05) is 19.6 Å². The number of rotatable bonds is 5. The van der Waals surface area contributed by atoms with E-state index in [-0.39, 0.29) is 5.54 Å². The lowest BCUT2D eigenvalue weighted by Crippen LogP contribution is -2.27. The number of aromatic nitrogens is 4. The van der Waals surface area contributed by atoms with Crippen LogP contribution in [0, 0.1) is 0 Å². The number of hydrogen-bond donors (Lipinski definition) is 2. The van der Waals surface area contributed by atoms with E-state index in [0.717, 1.165) is 26.1 Å². The van der Waals surface area contributed by atoms with Gasteiger partial charge in [0.05, 0.1) is 24.0 Å². The average Bonchev–Trinajstić information content (AvgIpc) is 3.18. The van der Waals surface area contributed by atoms with Crippen LogP contribution in [0.15, 0.2) is 24.8 Å². The molecular formula is C21H36N6. The topological polar surface area (TPSA) is 73.7 Å². The second-order valence-corrected chi connectivity index (χ2v) is 8.32. The molecule has 0 aromatic carbocycles. The first-order valence-electron chi connectivity index (χ1n) is 10.6. The molecule has 1 atom stereocenters. The van der Waals surface area contributed by atoms with Gasteiger partial charge in [0, 0.05) is 18.9 Å². The molecule has 1 unspecified atom stereocenters. The molecule has 2 aromatic rings. The molecule has 0 radical (unpaired) electrons. The van der Waals surface area contributed by atoms with Crippen molar-refractivity contribution < 1.29 is 0 Å². The molecule has 3 heterocycles. The summed E-state index contributed by atoms with van der Waals surface area (Å²) in [6.45, 7) is 9.59. The van der Waals surface area contributed by atoms with Gasteiger partial charge in [-0.05, 0) is 68.7 Å². The molecule has 2 aliphatic rings. The Labute approximate surface area is 163 Å². The van der Waals surface area contributed by atoms with E-state index in [9.17, 15) is 0 Å². The third kappa shape index (κ3) is 4.99. The predicted octanol–water partition coefficient (Wildman–Crippen LogP) is 3.21. The van der Waals surface area contributed by atoms with Crippen molar-refractivity contribution >= 4 is 0 Å². The predicted molar refractivity (Wildman–Crippen MR) is 110 cm³/mol. The lowest BCUT2D eigenvalue weighted by molar-refractivity contribution is 0.414. The Morgan fingerprint density at radius 1 is 1.19 bits per heavy atom. The van der Waals surface area contributed by atoms with Crippen LogP contribution in [0.1, 0.15) is 76.0 Å². The Hall–Kier alpha value is -1.66. The average molecular weight is 373 g/mol. The second kappa shape index (κ2) is 9.02. The summed E-state index contributed by atoms with van der Waals surface area (Å²) >= 11 is 0. The summed E-state index contributed by atoms with van der Waals surface area (Å²) in [4.78, 5) is 0. The van der Waals surface area contributed by atoms with E-state index >= 15 is 0 Å². The highest BCUT2D eigenvalue weighted by atomic mass is 15.3. The number of nitrogens with zero attached hydrogens (tertiary/aromatic N) is 4. The van der Waals surface area contributed by atoms with E-state index < -0.39 is 0 Å². The first kappa shape index (κ1) is 20.1. The first-order chi connectivity index (χ1) is 13.1. The van der Waals surface area contributed by atoms with Gasteiger partial charge >= 0.3 is 0 Å². The summed E-state index contributed by atoms with van der Waals surface area (Å²) in [6.07, 6.45) is 15.5. The molecule has 1 aliphatic carbocycles. The van der Waals surface area contributed by atoms with Crippen LogP contribution in [0.5, 0.6) is 0 Å². The summed E-state index contributed by atoms with van der Waals surface area (Å²) < 4.78 is 4.22. The molecule has 1 saturated carbocycles. The molecule has 0 amide bonds. The summed E-state index contributed by atoms with van der Waals surface area (Å²) in [7, 11) is 0. The standard InChI is InChI=1S/C12H21N3.C9H15N3/c1-10(2)11-8-14-15(9-11)12-4-3-6-13-7-5-12;1-2-8-5-11-12(6-8)9(7-10)3-4-9/h8-10,12-13H,3-7H2,1-2H3;5-6H,2-4,7,10H2,1H3. The van der Waals surface area contributed by atoms with Crippen molar-refractivity contribution in [2.45, 2.75) is 76.8 Å². The van der Waals surface area contributed by atoms with Gasteiger partial charge in [0.2, 0.25) is 0 Å². The number of aryl methyl sites for hydroxylation is 1. The van der Waals surface area contributed by atoms with E-state index in [2.05, 4.69) is 53.4 Å². The Balaban J connectivity index is 0.000000159. The summed E-state index contributed by atoms with van der Waals surface area (Å²) in [5, 5.41) is 12.3. The Morgan fingerprint density at radius 2 is 2.00 bits per heavy atom. The normalized spacial score (nSPS) is 21.4. The molecule has 1 saturated heterocycles. The van der Waals surface area contributed by atoms with Crippen LogP contribution in [0.3, 0.4) is 0 Å². The quantitative estimate of drug-likeness (QED) is 0.845. The summed E-state index contributed by atoms with van der Waals surface area (Å²) in [5.74, 6) is 0.586. The third-order valence-corrected chi connectivity index (χ3v) is 5.94. The summed E-state index contributed by atoms with van der Waals surface area (Å²) in [5.41, 5.74) is 8.53. The van der Waals surface area contributed by atoms with Crippen LogP contribution in [0.25, 0.3) is 0 Å². The van der Waals surface area contributed by atoms with Gasteiger partial charge in [-0.2, -0.15) is 10.2 Å². The second-order valence-electron chi connectivity index (χ2n) is 8.32. The van der Waals surface area contributed by atoms with Crippen molar-refractivity contribution in [3.8, 4) is 0 Å². The van der Waals surface area contributed by atoms with Crippen LogP contribution < -0.4 is 11.1 Å². The largest absolute Gasteiger partial charge is 0.328 e. The minimum Gasteiger partial charge on any atom is -0.328 e. The minimum atomic E-state index is 0.188. The van der Waals surface area contributed by atoms with Crippen molar-refractivity contribution in [3.63, 3.8) is 0 Å². The van der Waals surface area contributed by atoms with Crippen LogP contribution in [0.4, 0.5) is 0 Å². The van der Waals surface area contributed by atoms with Gasteiger partial charge in [-0.15, -0.1) is 0 Å². The van der Waals surface area contributed by atoms with Crippen LogP contribution in [-0.4, -0.2) is 39.2 Å². The van der Waals surface area contributed by atoms with Crippen LogP contribution >= 0.6 is 0 Å². The van der Waals surface area contributed by atoms with Crippen LogP contribution in [-0.2, 0) is 12.0 Å². The maximum absolute atomic E-state index is 5.69.